The Morgan fingerprint density at radius 2 is 1.40 bits per heavy atom. The first kappa shape index (κ1) is 20.5. The van der Waals surface area contributed by atoms with E-state index < -0.39 is 26.5 Å². The van der Waals surface area contributed by atoms with E-state index in [0.717, 1.165) is 24.8 Å². The minimum atomic E-state index is -4.16. The van der Waals surface area contributed by atoms with E-state index in [1.54, 1.807) is 23.1 Å². The van der Waals surface area contributed by atoms with Gasteiger partial charge in [-0.1, -0.05) is 54.6 Å². The van der Waals surface area contributed by atoms with Crippen molar-refractivity contribution in [1.82, 2.24) is 9.62 Å². The van der Waals surface area contributed by atoms with Crippen molar-refractivity contribution in [3.63, 3.8) is 0 Å². The predicted octanol–water partition coefficient (Wildman–Crippen LogP) is 2.93. The molecule has 7 heteroatoms. The molecule has 2 aliphatic rings. The van der Waals surface area contributed by atoms with E-state index in [0.29, 0.717) is 19.5 Å². The zero-order valence-corrected chi connectivity index (χ0v) is 17.5. The lowest BCUT2D eigenvalue weighted by Crippen LogP contribution is -2.41. The van der Waals surface area contributed by atoms with E-state index in [2.05, 4.69) is 4.72 Å². The van der Waals surface area contributed by atoms with Gasteiger partial charge in [-0.2, -0.15) is 0 Å². The number of benzene rings is 2. The molecule has 0 aromatic heterocycles. The first-order valence-corrected chi connectivity index (χ1v) is 11.7. The van der Waals surface area contributed by atoms with Crippen LogP contribution in [0.1, 0.15) is 45.5 Å². The number of piperidine rings is 1. The SMILES string of the molecule is O=C1C(N2CCCCC2)=C(S(=O)(=O)NCCc2ccccc2)C(=O)c2ccccc21. The standard InChI is InChI=1S/C23H24N2O4S/c26-21-18-11-5-6-12-19(18)22(27)23(20(21)25-15-7-2-8-16-25)30(28,29)24-14-13-17-9-3-1-4-10-17/h1,3-6,9-12,24H,2,7-8,13-16H2. The molecule has 156 valence electrons. The Hall–Kier alpha value is -2.77. The summed E-state index contributed by atoms with van der Waals surface area (Å²) in [4.78, 5) is 27.9. The van der Waals surface area contributed by atoms with Crippen molar-refractivity contribution in [2.45, 2.75) is 25.7 Å². The third-order valence-corrected chi connectivity index (χ3v) is 7.04. The highest BCUT2D eigenvalue weighted by Crippen LogP contribution is 2.32. The fraction of sp³-hybridized carbons (Fsp3) is 0.304. The summed E-state index contributed by atoms with van der Waals surface area (Å²) in [6.07, 6.45) is 3.24. The molecule has 2 aromatic rings. The molecular weight excluding hydrogens is 400 g/mol. The first-order valence-electron chi connectivity index (χ1n) is 10.2. The largest absolute Gasteiger partial charge is 0.367 e. The Morgan fingerprint density at radius 1 is 0.800 bits per heavy atom. The average Bonchev–Trinajstić information content (AvgIpc) is 2.77. The Balaban J connectivity index is 1.70. The molecule has 6 nitrogen and oxygen atoms in total. The molecule has 0 unspecified atom stereocenters. The van der Waals surface area contributed by atoms with Crippen molar-refractivity contribution in [1.29, 1.82) is 0 Å². The van der Waals surface area contributed by atoms with E-state index in [1.807, 2.05) is 30.3 Å². The average molecular weight is 425 g/mol. The summed E-state index contributed by atoms with van der Waals surface area (Å²) in [5.74, 6) is -1.01. The lowest BCUT2D eigenvalue weighted by Gasteiger charge is -2.33. The van der Waals surface area contributed by atoms with E-state index in [4.69, 9.17) is 0 Å². The number of nitrogens with one attached hydrogen (secondary N) is 1. The molecule has 0 saturated carbocycles. The molecule has 2 aromatic carbocycles. The van der Waals surface area contributed by atoms with E-state index >= 15 is 0 Å². The molecule has 1 saturated heterocycles. The van der Waals surface area contributed by atoms with Crippen molar-refractivity contribution in [2.24, 2.45) is 0 Å². The molecule has 1 aliphatic heterocycles. The second kappa shape index (κ2) is 8.53. The van der Waals surface area contributed by atoms with Crippen molar-refractivity contribution in [2.75, 3.05) is 19.6 Å². The van der Waals surface area contributed by atoms with Crippen molar-refractivity contribution in [3.05, 3.63) is 81.9 Å². The van der Waals surface area contributed by atoms with Crippen LogP contribution in [0.4, 0.5) is 0 Å². The topological polar surface area (TPSA) is 83.6 Å². The zero-order chi connectivity index (χ0) is 21.1. The van der Waals surface area contributed by atoms with Gasteiger partial charge in [0.25, 0.3) is 0 Å². The van der Waals surface area contributed by atoms with Crippen LogP contribution in [0.15, 0.2) is 65.2 Å². The summed E-state index contributed by atoms with van der Waals surface area (Å²) < 4.78 is 29.0. The maximum atomic E-state index is 13.3. The minimum absolute atomic E-state index is 0.0191. The smallest absolute Gasteiger partial charge is 0.246 e. The quantitative estimate of drug-likeness (QED) is 0.771. The van der Waals surface area contributed by atoms with Crippen LogP contribution in [0.5, 0.6) is 0 Å². The number of nitrogens with zero attached hydrogens (tertiary/aromatic N) is 1. The van der Waals surface area contributed by atoms with Gasteiger partial charge in [0.05, 0.1) is 0 Å². The highest BCUT2D eigenvalue weighted by atomic mass is 32.2. The molecule has 4 rings (SSSR count). The summed E-state index contributed by atoms with van der Waals surface area (Å²) in [7, 11) is -4.16. The highest BCUT2D eigenvalue weighted by Gasteiger charge is 2.41. The van der Waals surface area contributed by atoms with Gasteiger partial charge in [0.1, 0.15) is 5.70 Å². The second-order valence-corrected chi connectivity index (χ2v) is 9.27. The van der Waals surface area contributed by atoms with Gasteiger partial charge in [0.2, 0.25) is 21.6 Å². The number of rotatable bonds is 6. The lowest BCUT2D eigenvalue weighted by molar-refractivity contribution is 0.0939. The zero-order valence-electron chi connectivity index (χ0n) is 16.6. The monoisotopic (exact) mass is 424 g/mol. The molecule has 0 spiro atoms. The number of hydrogen-bond donors (Lipinski definition) is 1. The van der Waals surface area contributed by atoms with Gasteiger partial charge in [-0.3, -0.25) is 9.59 Å². The molecule has 0 bridgehead atoms. The van der Waals surface area contributed by atoms with Crippen LogP contribution in [0.2, 0.25) is 0 Å². The Labute approximate surface area is 176 Å². The molecule has 1 heterocycles. The number of hydrogen-bond acceptors (Lipinski definition) is 5. The number of allylic oxidation sites excluding steroid dienone is 2. The van der Waals surface area contributed by atoms with Crippen LogP contribution in [-0.2, 0) is 16.4 Å². The van der Waals surface area contributed by atoms with Crippen molar-refractivity contribution in [3.8, 4) is 0 Å². The van der Waals surface area contributed by atoms with Crippen LogP contribution in [0.25, 0.3) is 0 Å². The minimum Gasteiger partial charge on any atom is -0.367 e. The van der Waals surface area contributed by atoms with Crippen molar-refractivity contribution >= 4 is 21.6 Å². The summed E-state index contributed by atoms with van der Waals surface area (Å²) >= 11 is 0. The van der Waals surface area contributed by atoms with Gasteiger partial charge in [-0.15, -0.1) is 0 Å². The van der Waals surface area contributed by atoms with Gasteiger partial charge in [-0.05, 0) is 31.2 Å². The summed E-state index contributed by atoms with van der Waals surface area (Å²) in [5, 5.41) is 0. The van der Waals surface area contributed by atoms with Crippen LogP contribution in [0, 0.1) is 0 Å². The third-order valence-electron chi connectivity index (χ3n) is 5.54. The summed E-state index contributed by atoms with van der Waals surface area (Å²) in [6.45, 7) is 1.28. The number of likely N-dealkylation sites (tertiary alicyclic amines) is 1. The Kier molecular flexibility index (Phi) is 5.83. The maximum Gasteiger partial charge on any atom is 0.246 e. The fourth-order valence-corrected chi connectivity index (χ4v) is 5.39. The highest BCUT2D eigenvalue weighted by molar-refractivity contribution is 7.94. The molecule has 0 atom stereocenters. The van der Waals surface area contributed by atoms with Crippen LogP contribution in [-0.4, -0.2) is 44.5 Å². The number of fused-ring (bicyclic) bond motifs is 1. The molecular formula is C23H24N2O4S. The molecule has 30 heavy (non-hydrogen) atoms. The van der Waals surface area contributed by atoms with E-state index in [-0.39, 0.29) is 23.4 Å². The number of carbonyl (C=O) groups is 2. The lowest BCUT2D eigenvalue weighted by atomic mass is 9.91. The van der Waals surface area contributed by atoms with Gasteiger partial charge >= 0.3 is 0 Å². The van der Waals surface area contributed by atoms with Gasteiger partial charge in [-0.25, -0.2) is 13.1 Å². The molecule has 0 radical (unpaired) electrons. The molecule has 1 N–H and O–H groups in total. The first-order chi connectivity index (χ1) is 14.5. The Morgan fingerprint density at radius 3 is 2.07 bits per heavy atom. The van der Waals surface area contributed by atoms with Crippen molar-refractivity contribution < 1.29 is 18.0 Å². The predicted molar refractivity (Wildman–Crippen MR) is 115 cm³/mol. The summed E-state index contributed by atoms with van der Waals surface area (Å²) in [5.41, 5.74) is 1.42. The van der Waals surface area contributed by atoms with Crippen LogP contribution < -0.4 is 4.72 Å². The third kappa shape index (κ3) is 3.95. The number of Topliss-reactive ketones (excluding diaryl/α,β-unsaturated/α-hetero) is 2. The number of sulfonamides is 1. The number of ketones is 2. The fourth-order valence-electron chi connectivity index (χ4n) is 4.04. The normalized spacial score (nSPS) is 17.3. The molecule has 1 aliphatic carbocycles. The van der Waals surface area contributed by atoms with Crippen LogP contribution in [0.3, 0.4) is 0 Å². The Bertz CT molecular complexity index is 1100. The van der Waals surface area contributed by atoms with Crippen LogP contribution >= 0.6 is 0 Å². The molecule has 1 fully saturated rings. The maximum absolute atomic E-state index is 13.3. The second-order valence-electron chi connectivity index (χ2n) is 7.56. The van der Waals surface area contributed by atoms with Gasteiger partial charge < -0.3 is 4.90 Å². The molecule has 0 amide bonds. The van der Waals surface area contributed by atoms with E-state index in [9.17, 15) is 18.0 Å². The number of carbonyl (C=O) groups excluding carboxylic acids is 2. The summed E-state index contributed by atoms with van der Waals surface area (Å²) in [6, 6.07) is 15.9. The van der Waals surface area contributed by atoms with Gasteiger partial charge in [0.15, 0.2) is 4.91 Å². The van der Waals surface area contributed by atoms with E-state index in [1.165, 1.54) is 6.07 Å². The van der Waals surface area contributed by atoms with Gasteiger partial charge in [0, 0.05) is 30.8 Å².